The van der Waals surface area contributed by atoms with E-state index in [9.17, 15) is 4.79 Å². The summed E-state index contributed by atoms with van der Waals surface area (Å²) >= 11 is 13.2. The third kappa shape index (κ3) is 3.78. The molecule has 1 amide bonds. The number of hydrogen-bond acceptors (Lipinski definition) is 5. The van der Waals surface area contributed by atoms with Gasteiger partial charge in [0.05, 0.1) is 15.7 Å². The molecule has 21 heavy (non-hydrogen) atoms. The van der Waals surface area contributed by atoms with Crippen LogP contribution in [0.1, 0.15) is 23.5 Å². The van der Waals surface area contributed by atoms with Crippen molar-refractivity contribution in [2.45, 2.75) is 19.9 Å². The summed E-state index contributed by atoms with van der Waals surface area (Å²) in [6.07, 6.45) is 0. The minimum atomic E-state index is -0.392. The first-order valence-electron chi connectivity index (χ1n) is 6.16. The second-order valence-electron chi connectivity index (χ2n) is 4.58. The number of halogens is 2. The van der Waals surface area contributed by atoms with E-state index in [2.05, 4.69) is 15.6 Å². The highest BCUT2D eigenvalue weighted by Crippen LogP contribution is 2.32. The Balaban J connectivity index is 2.23. The predicted octanol–water partition coefficient (Wildman–Crippen LogP) is 4.10. The van der Waals surface area contributed by atoms with Crippen LogP contribution in [-0.2, 0) is 0 Å². The first-order chi connectivity index (χ1) is 9.88. The van der Waals surface area contributed by atoms with Crippen LogP contribution in [0.25, 0.3) is 0 Å². The Morgan fingerprint density at radius 2 is 1.95 bits per heavy atom. The van der Waals surface area contributed by atoms with Crippen LogP contribution in [0.15, 0.2) is 18.2 Å². The molecule has 112 valence electrons. The lowest BCUT2D eigenvalue weighted by Gasteiger charge is -2.08. The fourth-order valence-electron chi connectivity index (χ4n) is 1.59. The third-order valence-corrected chi connectivity index (χ3v) is 4.10. The number of aromatic nitrogens is 1. The van der Waals surface area contributed by atoms with Gasteiger partial charge in [-0.05, 0) is 26.0 Å². The smallest absolute Gasteiger partial charge is 0.269 e. The van der Waals surface area contributed by atoms with Crippen molar-refractivity contribution in [3.05, 3.63) is 33.1 Å². The van der Waals surface area contributed by atoms with Crippen LogP contribution in [0.2, 0.25) is 10.0 Å². The van der Waals surface area contributed by atoms with E-state index in [-0.39, 0.29) is 11.9 Å². The van der Waals surface area contributed by atoms with Gasteiger partial charge in [-0.3, -0.25) is 4.79 Å². The van der Waals surface area contributed by atoms with Crippen LogP contribution in [0, 0.1) is 0 Å². The lowest BCUT2D eigenvalue weighted by Crippen LogP contribution is -2.12. The Hall–Kier alpha value is -1.50. The van der Waals surface area contributed by atoms with Crippen molar-refractivity contribution < 1.29 is 4.79 Å². The maximum atomic E-state index is 12.3. The van der Waals surface area contributed by atoms with E-state index >= 15 is 0 Å². The number of rotatable bonds is 4. The number of nitrogens with one attached hydrogen (secondary N) is 2. The van der Waals surface area contributed by atoms with Gasteiger partial charge in [-0.1, -0.05) is 40.6 Å². The van der Waals surface area contributed by atoms with Crippen LogP contribution in [0.5, 0.6) is 0 Å². The van der Waals surface area contributed by atoms with Crippen LogP contribution in [0.3, 0.4) is 0 Å². The Morgan fingerprint density at radius 3 is 2.52 bits per heavy atom. The minimum absolute atomic E-state index is 0.170. The van der Waals surface area contributed by atoms with Gasteiger partial charge in [-0.15, -0.1) is 0 Å². The molecule has 2 aromatic rings. The molecular formula is C13H14Cl2N4OS. The fraction of sp³-hybridized carbons (Fsp3) is 0.231. The molecule has 4 N–H and O–H groups in total. The first kappa shape index (κ1) is 15.9. The summed E-state index contributed by atoms with van der Waals surface area (Å²) in [5.74, 6) is -0.222. The zero-order valence-corrected chi connectivity index (χ0v) is 13.7. The van der Waals surface area contributed by atoms with Crippen molar-refractivity contribution in [1.82, 2.24) is 4.98 Å². The molecule has 0 radical (unpaired) electrons. The molecule has 0 bridgehead atoms. The number of nitrogens with two attached hydrogens (primary N) is 1. The maximum absolute atomic E-state index is 12.3. The van der Waals surface area contributed by atoms with Crippen molar-refractivity contribution in [2.75, 3.05) is 16.4 Å². The van der Waals surface area contributed by atoms with Crippen LogP contribution in [-0.4, -0.2) is 16.9 Å². The summed E-state index contributed by atoms with van der Waals surface area (Å²) in [5.41, 5.74) is 6.14. The molecule has 0 aliphatic carbocycles. The zero-order chi connectivity index (χ0) is 15.6. The van der Waals surface area contributed by atoms with Crippen LogP contribution >= 0.6 is 34.5 Å². The molecule has 8 heteroatoms. The molecule has 0 saturated heterocycles. The van der Waals surface area contributed by atoms with E-state index in [1.54, 1.807) is 18.2 Å². The number of thiazole rings is 1. The topological polar surface area (TPSA) is 80.0 Å². The number of para-hydroxylation sites is 1. The van der Waals surface area contributed by atoms with Crippen molar-refractivity contribution in [1.29, 1.82) is 0 Å². The second kappa shape index (κ2) is 6.51. The van der Waals surface area contributed by atoms with Gasteiger partial charge in [-0.25, -0.2) is 4.98 Å². The SMILES string of the molecule is CC(C)Nc1nc(N)c(C(=O)Nc2c(Cl)cccc2Cl)s1. The molecule has 0 unspecified atom stereocenters. The minimum Gasteiger partial charge on any atom is -0.382 e. The highest BCUT2D eigenvalue weighted by Gasteiger charge is 2.18. The highest BCUT2D eigenvalue weighted by atomic mass is 35.5. The molecule has 5 nitrogen and oxygen atoms in total. The number of nitrogens with zero attached hydrogens (tertiary/aromatic N) is 1. The monoisotopic (exact) mass is 344 g/mol. The number of nitrogen functional groups attached to an aromatic ring is 1. The number of amides is 1. The summed E-state index contributed by atoms with van der Waals surface area (Å²) < 4.78 is 0. The quantitative estimate of drug-likeness (QED) is 0.779. The number of carbonyl (C=O) groups excluding carboxylic acids is 1. The molecule has 0 aliphatic heterocycles. The van der Waals surface area contributed by atoms with E-state index < -0.39 is 5.91 Å². The summed E-state index contributed by atoms with van der Waals surface area (Å²) in [5, 5.41) is 7.08. The van der Waals surface area contributed by atoms with Gasteiger partial charge in [0.15, 0.2) is 5.13 Å². The van der Waals surface area contributed by atoms with Crippen LogP contribution < -0.4 is 16.4 Å². The van der Waals surface area contributed by atoms with Crippen molar-refractivity contribution in [2.24, 2.45) is 0 Å². The Bertz CT molecular complexity index is 652. The standard InChI is InChI=1S/C13H14Cl2N4OS/c1-6(2)17-13-19-11(16)10(21-13)12(20)18-9-7(14)4-3-5-8(9)15/h3-6H,16H2,1-2H3,(H,17,19)(H,18,20). The van der Waals surface area contributed by atoms with Gasteiger partial charge >= 0.3 is 0 Å². The fourth-order valence-corrected chi connectivity index (χ4v) is 3.01. The maximum Gasteiger partial charge on any atom is 0.269 e. The van der Waals surface area contributed by atoms with Gasteiger partial charge in [-0.2, -0.15) is 0 Å². The number of anilines is 3. The summed E-state index contributed by atoms with van der Waals surface area (Å²) in [6.45, 7) is 3.95. The summed E-state index contributed by atoms with van der Waals surface area (Å²) in [7, 11) is 0. The zero-order valence-electron chi connectivity index (χ0n) is 11.4. The Kier molecular flexibility index (Phi) is 4.92. The van der Waals surface area contributed by atoms with E-state index in [0.29, 0.717) is 25.7 Å². The van der Waals surface area contributed by atoms with Gasteiger partial charge < -0.3 is 16.4 Å². The summed E-state index contributed by atoms with van der Waals surface area (Å²) in [4.78, 5) is 16.7. The third-order valence-electron chi connectivity index (χ3n) is 2.47. The molecule has 0 saturated carbocycles. The van der Waals surface area contributed by atoms with Crippen molar-refractivity contribution in [3.63, 3.8) is 0 Å². The first-order valence-corrected chi connectivity index (χ1v) is 7.74. The van der Waals surface area contributed by atoms with E-state index in [1.807, 2.05) is 13.8 Å². The predicted molar refractivity (Wildman–Crippen MR) is 89.7 cm³/mol. The number of benzene rings is 1. The molecule has 1 heterocycles. The molecule has 0 fully saturated rings. The lowest BCUT2D eigenvalue weighted by atomic mass is 10.3. The molecular weight excluding hydrogens is 331 g/mol. The summed E-state index contributed by atoms with van der Waals surface area (Å²) in [6, 6.07) is 5.19. The van der Waals surface area contributed by atoms with E-state index in [1.165, 1.54) is 11.3 Å². The van der Waals surface area contributed by atoms with Gasteiger partial charge in [0, 0.05) is 6.04 Å². The van der Waals surface area contributed by atoms with Crippen molar-refractivity contribution in [3.8, 4) is 0 Å². The average Bonchev–Trinajstić information content (AvgIpc) is 2.74. The number of hydrogen-bond donors (Lipinski definition) is 3. The van der Waals surface area contributed by atoms with Gasteiger partial charge in [0.1, 0.15) is 10.7 Å². The normalized spacial score (nSPS) is 10.7. The molecule has 0 spiro atoms. The largest absolute Gasteiger partial charge is 0.382 e. The second-order valence-corrected chi connectivity index (χ2v) is 6.40. The Labute approximate surface area is 136 Å². The van der Waals surface area contributed by atoms with Crippen LogP contribution in [0.4, 0.5) is 16.6 Å². The number of carbonyl (C=O) groups is 1. The highest BCUT2D eigenvalue weighted by molar-refractivity contribution is 7.18. The molecule has 1 aromatic heterocycles. The lowest BCUT2D eigenvalue weighted by molar-refractivity contribution is 0.103. The molecule has 0 aliphatic rings. The van der Waals surface area contributed by atoms with Gasteiger partial charge in [0.25, 0.3) is 5.91 Å². The van der Waals surface area contributed by atoms with E-state index in [0.717, 1.165) is 0 Å². The van der Waals surface area contributed by atoms with Crippen molar-refractivity contribution >= 4 is 57.1 Å². The molecule has 1 aromatic carbocycles. The molecule has 2 rings (SSSR count). The van der Waals surface area contributed by atoms with Gasteiger partial charge in [0.2, 0.25) is 0 Å². The molecule has 0 atom stereocenters. The van der Waals surface area contributed by atoms with E-state index in [4.69, 9.17) is 28.9 Å². The Morgan fingerprint density at radius 1 is 1.33 bits per heavy atom. The average molecular weight is 345 g/mol.